The minimum atomic E-state index is -1.11. The average molecular weight is 296 g/mol. The van der Waals surface area contributed by atoms with E-state index in [4.69, 9.17) is 17.3 Å². The second-order valence-electron chi connectivity index (χ2n) is 6.55. The van der Waals surface area contributed by atoms with E-state index in [9.17, 15) is 10.4 Å². The van der Waals surface area contributed by atoms with Crippen LogP contribution in [0.15, 0.2) is 4.99 Å². The maximum Gasteiger partial charge on any atom is 0.130 e. The molecular weight excluding hydrogens is 274 g/mol. The van der Waals surface area contributed by atoms with Crippen molar-refractivity contribution < 1.29 is 5.11 Å². The Morgan fingerprint density at radius 1 is 1.25 bits per heavy atom. The lowest BCUT2D eigenvalue weighted by atomic mass is 9.63. The van der Waals surface area contributed by atoms with E-state index < -0.39 is 5.60 Å². The van der Waals surface area contributed by atoms with Crippen molar-refractivity contribution in [3.8, 4) is 6.07 Å². The molecule has 20 heavy (non-hydrogen) atoms. The first-order valence-electron chi connectivity index (χ1n) is 7.67. The second-order valence-corrected chi connectivity index (χ2v) is 7.17. The molecule has 4 nitrogen and oxygen atoms in total. The monoisotopic (exact) mass is 295 g/mol. The van der Waals surface area contributed by atoms with E-state index in [0.717, 1.165) is 44.9 Å². The number of fused-ring (bicyclic) bond motifs is 1. The van der Waals surface area contributed by atoms with Gasteiger partial charge in [-0.25, -0.2) is 0 Å². The van der Waals surface area contributed by atoms with Crippen molar-refractivity contribution in [3.05, 3.63) is 0 Å². The van der Waals surface area contributed by atoms with Gasteiger partial charge in [0.1, 0.15) is 11.4 Å². The molecule has 3 aliphatic rings. The van der Waals surface area contributed by atoms with Crippen molar-refractivity contribution in [1.29, 1.82) is 5.26 Å². The molecule has 1 aliphatic heterocycles. The number of aliphatic imine (C=N–C) groups is 1. The largest absolute Gasteiger partial charge is 0.385 e. The number of hydrogen-bond donors (Lipinski definition) is 2. The van der Waals surface area contributed by atoms with Crippen molar-refractivity contribution >= 4 is 17.4 Å². The first-order chi connectivity index (χ1) is 9.57. The van der Waals surface area contributed by atoms with Gasteiger partial charge in [-0.1, -0.05) is 12.8 Å². The third-order valence-corrected chi connectivity index (χ3v) is 5.92. The third kappa shape index (κ3) is 2.03. The van der Waals surface area contributed by atoms with Gasteiger partial charge < -0.3 is 10.8 Å². The van der Waals surface area contributed by atoms with E-state index >= 15 is 0 Å². The fourth-order valence-electron chi connectivity index (χ4n) is 4.48. The Balaban J connectivity index is 1.92. The molecule has 0 bridgehead atoms. The van der Waals surface area contributed by atoms with Gasteiger partial charge in [-0.2, -0.15) is 5.26 Å². The van der Waals surface area contributed by atoms with Gasteiger partial charge in [0.05, 0.1) is 18.0 Å². The lowest BCUT2D eigenvalue weighted by molar-refractivity contribution is -0.0416. The van der Waals surface area contributed by atoms with Crippen LogP contribution in [0, 0.1) is 29.1 Å². The van der Waals surface area contributed by atoms with Crippen LogP contribution in [0.1, 0.15) is 44.9 Å². The summed E-state index contributed by atoms with van der Waals surface area (Å²) >= 11 is 6.30. The smallest absolute Gasteiger partial charge is 0.130 e. The number of nitrogens with zero attached hydrogens (tertiary/aromatic N) is 2. The normalized spacial score (nSPS) is 48.2. The van der Waals surface area contributed by atoms with Crippen LogP contribution in [0.5, 0.6) is 0 Å². The molecule has 0 aromatic rings. The standard InChI is InChI=1S/C15H22ClN3O/c16-10-5-6-13-12(7-10)15(20,14(18)19-13)11-4-2-1-3-9(11)8-17/h9-13,20H,1-7H2,(H2,18,19). The van der Waals surface area contributed by atoms with E-state index in [-0.39, 0.29) is 29.2 Å². The highest BCUT2D eigenvalue weighted by molar-refractivity contribution is 6.20. The summed E-state index contributed by atoms with van der Waals surface area (Å²) in [6.45, 7) is 0. The Bertz CT molecular complexity index is 461. The molecule has 2 saturated carbocycles. The van der Waals surface area contributed by atoms with E-state index in [1.165, 1.54) is 0 Å². The molecule has 6 atom stereocenters. The molecule has 0 aromatic carbocycles. The van der Waals surface area contributed by atoms with E-state index in [1.54, 1.807) is 0 Å². The van der Waals surface area contributed by atoms with Gasteiger partial charge in [0.15, 0.2) is 0 Å². The minimum absolute atomic E-state index is 0.00213. The number of hydrogen-bond acceptors (Lipinski definition) is 4. The first-order valence-corrected chi connectivity index (χ1v) is 8.10. The van der Waals surface area contributed by atoms with Crippen LogP contribution < -0.4 is 5.73 Å². The van der Waals surface area contributed by atoms with Gasteiger partial charge in [-0.3, -0.25) is 4.99 Å². The van der Waals surface area contributed by atoms with Crippen LogP contribution in [0.4, 0.5) is 0 Å². The number of halogens is 1. The summed E-state index contributed by atoms with van der Waals surface area (Å²) in [5, 5.41) is 20.8. The Hall–Kier alpha value is -0.790. The second kappa shape index (κ2) is 5.20. The molecule has 6 unspecified atom stereocenters. The average Bonchev–Trinajstić information content (AvgIpc) is 2.72. The fourth-order valence-corrected chi connectivity index (χ4v) is 4.80. The zero-order valence-corrected chi connectivity index (χ0v) is 12.4. The van der Waals surface area contributed by atoms with Crippen LogP contribution in [-0.4, -0.2) is 28.0 Å². The van der Waals surface area contributed by atoms with Crippen LogP contribution in [0.25, 0.3) is 0 Å². The van der Waals surface area contributed by atoms with Gasteiger partial charge in [-0.05, 0) is 32.1 Å². The molecule has 0 radical (unpaired) electrons. The summed E-state index contributed by atoms with van der Waals surface area (Å²) in [6.07, 6.45) is 6.42. The van der Waals surface area contributed by atoms with Gasteiger partial charge >= 0.3 is 0 Å². The van der Waals surface area contributed by atoms with Crippen molar-refractivity contribution in [3.63, 3.8) is 0 Å². The van der Waals surface area contributed by atoms with Crippen LogP contribution >= 0.6 is 11.6 Å². The van der Waals surface area contributed by atoms with Gasteiger partial charge in [-0.15, -0.1) is 11.6 Å². The summed E-state index contributed by atoms with van der Waals surface area (Å²) < 4.78 is 0. The van der Waals surface area contributed by atoms with E-state index in [1.807, 2.05) is 0 Å². The maximum absolute atomic E-state index is 11.3. The van der Waals surface area contributed by atoms with E-state index in [0.29, 0.717) is 5.84 Å². The number of amidine groups is 1. The maximum atomic E-state index is 11.3. The van der Waals surface area contributed by atoms with Crippen LogP contribution in [-0.2, 0) is 0 Å². The van der Waals surface area contributed by atoms with E-state index in [2.05, 4.69) is 11.1 Å². The van der Waals surface area contributed by atoms with Gasteiger partial charge in [0.25, 0.3) is 0 Å². The third-order valence-electron chi connectivity index (χ3n) is 5.53. The zero-order valence-electron chi connectivity index (χ0n) is 11.6. The molecule has 0 aromatic heterocycles. The Morgan fingerprint density at radius 3 is 2.75 bits per heavy atom. The molecular formula is C15H22ClN3O. The highest BCUT2D eigenvalue weighted by Crippen LogP contribution is 2.49. The summed E-state index contributed by atoms with van der Waals surface area (Å²) in [6, 6.07) is 2.47. The molecule has 3 N–H and O–H groups in total. The quantitative estimate of drug-likeness (QED) is 0.728. The van der Waals surface area contributed by atoms with Gasteiger partial charge in [0, 0.05) is 17.2 Å². The topological polar surface area (TPSA) is 82.4 Å². The van der Waals surface area contributed by atoms with Gasteiger partial charge in [0.2, 0.25) is 0 Å². The molecule has 0 saturated heterocycles. The highest BCUT2D eigenvalue weighted by Gasteiger charge is 2.57. The molecule has 2 aliphatic carbocycles. The Morgan fingerprint density at radius 2 is 2.00 bits per heavy atom. The zero-order chi connectivity index (χ0) is 14.3. The van der Waals surface area contributed by atoms with Crippen LogP contribution in [0.2, 0.25) is 0 Å². The lowest BCUT2D eigenvalue weighted by Gasteiger charge is -2.44. The van der Waals surface area contributed by atoms with Crippen molar-refractivity contribution in [2.75, 3.05) is 0 Å². The lowest BCUT2D eigenvalue weighted by Crippen LogP contribution is -2.57. The molecule has 3 rings (SSSR count). The highest BCUT2D eigenvalue weighted by atomic mass is 35.5. The number of nitrogens with two attached hydrogens (primary N) is 1. The Labute approximate surface area is 125 Å². The first kappa shape index (κ1) is 14.2. The summed E-state index contributed by atoms with van der Waals surface area (Å²) in [4.78, 5) is 4.52. The molecule has 5 heteroatoms. The van der Waals surface area contributed by atoms with Crippen molar-refractivity contribution in [2.24, 2.45) is 28.5 Å². The van der Waals surface area contributed by atoms with Crippen molar-refractivity contribution in [1.82, 2.24) is 0 Å². The predicted octanol–water partition coefficient (Wildman–Crippen LogP) is 2.19. The molecule has 0 amide bonds. The minimum Gasteiger partial charge on any atom is -0.385 e. The number of alkyl halides is 1. The number of nitriles is 1. The number of aliphatic hydroxyl groups is 1. The Kier molecular flexibility index (Phi) is 3.68. The SMILES string of the molecule is N#CC1CCCCC1C1(O)C(N)=NC2CCC(Cl)CC21. The summed E-state index contributed by atoms with van der Waals surface area (Å²) in [5.41, 5.74) is 5.00. The van der Waals surface area contributed by atoms with Crippen LogP contribution in [0.3, 0.4) is 0 Å². The number of rotatable bonds is 1. The fraction of sp³-hybridized carbons (Fsp3) is 0.867. The summed E-state index contributed by atoms with van der Waals surface area (Å²) in [5.74, 6) is 0.155. The molecule has 110 valence electrons. The molecule has 1 heterocycles. The molecule has 0 spiro atoms. The molecule has 2 fully saturated rings. The summed E-state index contributed by atoms with van der Waals surface area (Å²) in [7, 11) is 0. The predicted molar refractivity (Wildman–Crippen MR) is 78.4 cm³/mol. The van der Waals surface area contributed by atoms with Crippen molar-refractivity contribution in [2.45, 2.75) is 62.0 Å².